The lowest BCUT2D eigenvalue weighted by atomic mass is 10.1. The predicted molar refractivity (Wildman–Crippen MR) is 131 cm³/mol. The van der Waals surface area contributed by atoms with Gasteiger partial charge in [-0.15, -0.1) is 10.2 Å². The smallest absolute Gasteiger partial charge is 0.243 e. The van der Waals surface area contributed by atoms with Crippen molar-refractivity contribution >= 4 is 15.8 Å². The molecule has 1 aromatic heterocycles. The zero-order valence-electron chi connectivity index (χ0n) is 18.8. The minimum Gasteiger partial charge on any atom is -0.457 e. The van der Waals surface area contributed by atoms with Crippen LogP contribution in [0.5, 0.6) is 11.5 Å². The SMILES string of the molecule is O=S(=O)(c1ccc(Oc2ccccc2)cc1)N1CCN(c2ccc(-c3ccc(F)cc3)nn2)CC1. The van der Waals surface area contributed by atoms with Crippen molar-refractivity contribution in [1.82, 2.24) is 14.5 Å². The summed E-state index contributed by atoms with van der Waals surface area (Å²) in [5, 5.41) is 8.54. The summed E-state index contributed by atoms with van der Waals surface area (Å²) in [6, 6.07) is 25.5. The van der Waals surface area contributed by atoms with Crippen LogP contribution in [0, 0.1) is 5.82 Å². The van der Waals surface area contributed by atoms with E-state index in [2.05, 4.69) is 10.2 Å². The molecule has 7 nitrogen and oxygen atoms in total. The van der Waals surface area contributed by atoms with Crippen molar-refractivity contribution in [3.05, 3.63) is 96.8 Å². The second-order valence-corrected chi connectivity index (χ2v) is 10.00. The van der Waals surface area contributed by atoms with Gasteiger partial charge in [0, 0.05) is 31.7 Å². The van der Waals surface area contributed by atoms with Crippen LogP contribution in [0.25, 0.3) is 11.3 Å². The molecule has 1 fully saturated rings. The molecule has 2 heterocycles. The quantitative estimate of drug-likeness (QED) is 0.394. The number of rotatable bonds is 6. The van der Waals surface area contributed by atoms with Crippen molar-refractivity contribution in [3.8, 4) is 22.8 Å². The van der Waals surface area contributed by atoms with Crippen molar-refractivity contribution in [3.63, 3.8) is 0 Å². The van der Waals surface area contributed by atoms with Gasteiger partial charge in [0.2, 0.25) is 10.0 Å². The average Bonchev–Trinajstić information content (AvgIpc) is 2.90. The Balaban J connectivity index is 1.21. The second kappa shape index (κ2) is 9.81. The normalized spacial score (nSPS) is 14.6. The highest BCUT2D eigenvalue weighted by atomic mass is 32.2. The second-order valence-electron chi connectivity index (χ2n) is 8.06. The van der Waals surface area contributed by atoms with E-state index in [4.69, 9.17) is 4.74 Å². The van der Waals surface area contributed by atoms with Crippen LogP contribution >= 0.6 is 0 Å². The summed E-state index contributed by atoms with van der Waals surface area (Å²) < 4.78 is 46.6. The molecule has 0 radical (unpaired) electrons. The van der Waals surface area contributed by atoms with Crippen LogP contribution in [0.4, 0.5) is 10.2 Å². The van der Waals surface area contributed by atoms with Gasteiger partial charge in [0.1, 0.15) is 17.3 Å². The zero-order chi connectivity index (χ0) is 24.3. The number of para-hydroxylation sites is 1. The Labute approximate surface area is 203 Å². The number of sulfonamides is 1. The first-order valence-corrected chi connectivity index (χ1v) is 12.6. The minimum atomic E-state index is -3.62. The van der Waals surface area contributed by atoms with Gasteiger partial charge in [0.05, 0.1) is 10.6 Å². The molecule has 1 aliphatic heterocycles. The van der Waals surface area contributed by atoms with E-state index < -0.39 is 10.0 Å². The third kappa shape index (κ3) is 5.16. The number of anilines is 1. The number of hydrogen-bond donors (Lipinski definition) is 0. The van der Waals surface area contributed by atoms with Gasteiger partial charge in [0.25, 0.3) is 0 Å². The van der Waals surface area contributed by atoms with Gasteiger partial charge in [0.15, 0.2) is 5.82 Å². The van der Waals surface area contributed by atoms with Crippen LogP contribution in [-0.2, 0) is 10.0 Å². The average molecular weight is 491 g/mol. The molecule has 0 N–H and O–H groups in total. The first-order chi connectivity index (χ1) is 17.0. The van der Waals surface area contributed by atoms with Gasteiger partial charge in [-0.1, -0.05) is 18.2 Å². The molecule has 9 heteroatoms. The number of halogens is 1. The van der Waals surface area contributed by atoms with Crippen molar-refractivity contribution in [2.45, 2.75) is 4.90 Å². The number of piperazine rings is 1. The maximum absolute atomic E-state index is 13.1. The molecule has 0 spiro atoms. The summed E-state index contributed by atoms with van der Waals surface area (Å²) >= 11 is 0. The van der Waals surface area contributed by atoms with Gasteiger partial charge < -0.3 is 9.64 Å². The lowest BCUT2D eigenvalue weighted by molar-refractivity contribution is 0.383. The summed E-state index contributed by atoms with van der Waals surface area (Å²) in [6.07, 6.45) is 0. The van der Waals surface area contributed by atoms with E-state index in [0.717, 1.165) is 5.56 Å². The highest BCUT2D eigenvalue weighted by Crippen LogP contribution is 2.25. The molecule has 0 bridgehead atoms. The Kier molecular flexibility index (Phi) is 6.43. The molecular weight excluding hydrogens is 467 g/mol. The number of benzene rings is 3. The van der Waals surface area contributed by atoms with Gasteiger partial charge in [-0.25, -0.2) is 12.8 Å². The van der Waals surface area contributed by atoms with Crippen molar-refractivity contribution in [2.75, 3.05) is 31.1 Å². The third-order valence-electron chi connectivity index (χ3n) is 5.79. The van der Waals surface area contributed by atoms with E-state index in [1.165, 1.54) is 16.4 Å². The molecule has 0 unspecified atom stereocenters. The lowest BCUT2D eigenvalue weighted by Crippen LogP contribution is -2.48. The fraction of sp³-hybridized carbons (Fsp3) is 0.154. The number of aromatic nitrogens is 2. The van der Waals surface area contributed by atoms with Gasteiger partial charge in [-0.2, -0.15) is 4.31 Å². The number of hydrogen-bond acceptors (Lipinski definition) is 6. The Morgan fingerprint density at radius 2 is 1.37 bits per heavy atom. The van der Waals surface area contributed by atoms with Crippen LogP contribution in [0.3, 0.4) is 0 Å². The lowest BCUT2D eigenvalue weighted by Gasteiger charge is -2.34. The molecule has 178 valence electrons. The van der Waals surface area contributed by atoms with Crippen LogP contribution in [-0.4, -0.2) is 49.1 Å². The van der Waals surface area contributed by atoms with Crippen molar-refractivity contribution in [1.29, 1.82) is 0 Å². The molecule has 3 aromatic carbocycles. The van der Waals surface area contributed by atoms with E-state index in [1.54, 1.807) is 36.4 Å². The highest BCUT2D eigenvalue weighted by Gasteiger charge is 2.29. The Morgan fingerprint density at radius 3 is 2.00 bits per heavy atom. The predicted octanol–water partition coefficient (Wildman–Crippen LogP) is 4.59. The molecular formula is C26H23FN4O3S. The van der Waals surface area contributed by atoms with Crippen LogP contribution < -0.4 is 9.64 Å². The molecule has 0 atom stereocenters. The van der Waals surface area contributed by atoms with E-state index in [-0.39, 0.29) is 10.7 Å². The molecule has 4 aromatic rings. The van der Waals surface area contributed by atoms with Crippen LogP contribution in [0.2, 0.25) is 0 Å². The first-order valence-electron chi connectivity index (χ1n) is 11.2. The standard InChI is InChI=1S/C26H23FN4O3S/c27-21-8-6-20(7-9-21)25-14-15-26(29-28-25)30-16-18-31(19-17-30)35(32,33)24-12-10-23(11-13-24)34-22-4-2-1-3-5-22/h1-15H,16-19H2. The molecule has 0 amide bonds. The summed E-state index contributed by atoms with van der Waals surface area (Å²) in [5.41, 5.74) is 1.43. The maximum atomic E-state index is 13.1. The fourth-order valence-corrected chi connectivity index (χ4v) is 5.30. The van der Waals surface area contributed by atoms with E-state index in [0.29, 0.717) is 49.2 Å². The topological polar surface area (TPSA) is 75.6 Å². The molecule has 35 heavy (non-hydrogen) atoms. The Hall–Kier alpha value is -3.82. The van der Waals surface area contributed by atoms with Crippen LogP contribution in [0.1, 0.15) is 0 Å². The van der Waals surface area contributed by atoms with Gasteiger partial charge in [-0.3, -0.25) is 0 Å². The summed E-state index contributed by atoms with van der Waals surface area (Å²) in [4.78, 5) is 2.24. The first kappa shape index (κ1) is 22.9. The maximum Gasteiger partial charge on any atom is 0.243 e. The number of ether oxygens (including phenoxy) is 1. The summed E-state index contributed by atoms with van der Waals surface area (Å²) in [6.45, 7) is 1.68. The largest absolute Gasteiger partial charge is 0.457 e. The zero-order valence-corrected chi connectivity index (χ0v) is 19.6. The van der Waals surface area contributed by atoms with Crippen molar-refractivity contribution in [2.24, 2.45) is 0 Å². The molecule has 1 aliphatic rings. The monoisotopic (exact) mass is 490 g/mol. The van der Waals surface area contributed by atoms with Crippen LogP contribution in [0.15, 0.2) is 95.9 Å². The molecule has 1 saturated heterocycles. The fourth-order valence-electron chi connectivity index (χ4n) is 3.88. The summed E-state index contributed by atoms with van der Waals surface area (Å²) in [5.74, 6) is 1.63. The highest BCUT2D eigenvalue weighted by molar-refractivity contribution is 7.89. The van der Waals surface area contributed by atoms with E-state index >= 15 is 0 Å². The van der Waals surface area contributed by atoms with Gasteiger partial charge in [-0.05, 0) is 72.8 Å². The molecule has 0 saturated carbocycles. The summed E-state index contributed by atoms with van der Waals surface area (Å²) in [7, 11) is -3.62. The molecule has 0 aliphatic carbocycles. The Bertz CT molecular complexity index is 1370. The molecule has 5 rings (SSSR count). The number of nitrogens with zero attached hydrogens (tertiary/aromatic N) is 4. The minimum absolute atomic E-state index is 0.231. The van der Waals surface area contributed by atoms with E-state index in [1.807, 2.05) is 47.4 Å². The third-order valence-corrected chi connectivity index (χ3v) is 7.71. The van der Waals surface area contributed by atoms with E-state index in [9.17, 15) is 12.8 Å². The Morgan fingerprint density at radius 1 is 0.714 bits per heavy atom. The van der Waals surface area contributed by atoms with Crippen molar-refractivity contribution < 1.29 is 17.5 Å². The van der Waals surface area contributed by atoms with Gasteiger partial charge >= 0.3 is 0 Å².